The first-order chi connectivity index (χ1) is 12.2. The summed E-state index contributed by atoms with van der Waals surface area (Å²) in [7, 11) is -1.98. The Hall–Kier alpha value is -1.65. The Balaban J connectivity index is 2.96. The predicted molar refractivity (Wildman–Crippen MR) is 105 cm³/mol. The minimum atomic E-state index is -1.98. The van der Waals surface area contributed by atoms with E-state index in [-0.39, 0.29) is 18.6 Å². The summed E-state index contributed by atoms with van der Waals surface area (Å²) in [5.74, 6) is -0.171. The second-order valence-corrected chi connectivity index (χ2v) is 11.3. The normalized spacial score (nSPS) is 14.6. The number of carbonyl (C=O) groups is 1. The van der Waals surface area contributed by atoms with Crippen LogP contribution in [0.1, 0.15) is 22.2 Å². The Morgan fingerprint density at radius 1 is 1.21 bits per heavy atom. The van der Waals surface area contributed by atoms with Gasteiger partial charge in [-0.1, -0.05) is 67.8 Å². The highest BCUT2D eigenvalue weighted by atomic mass is 28.3. The molecule has 0 fully saturated rings. The molecule has 0 unspecified atom stereocenters. The molecule has 1 aromatic rings. The molecule has 3 nitrogen and oxygen atoms in total. The molecule has 0 aliphatic heterocycles. The van der Waals surface area contributed by atoms with E-state index in [9.17, 15) is 4.79 Å². The van der Waals surface area contributed by atoms with Crippen LogP contribution in [-0.4, -0.2) is 38.6 Å². The molecule has 0 atom stereocenters. The van der Waals surface area contributed by atoms with Gasteiger partial charge in [-0.15, -0.1) is 0 Å². The third kappa shape index (κ3) is 7.75. The number of nitrogens with zero attached hydrogens (tertiary/aromatic N) is 1. The first kappa shape index (κ1) is 17.2. The molecular weight excluding hydrogens is 314 g/mol. The van der Waals surface area contributed by atoms with Crippen LogP contribution in [-0.2, 0) is 16.1 Å². The summed E-state index contributed by atoms with van der Waals surface area (Å²) in [4.78, 5) is 14.5. The summed E-state index contributed by atoms with van der Waals surface area (Å²) in [5, 5.41) is 0. The number of hydrogen-bond donors (Lipinski definition) is 0. The molecular formula is C20H31NO2Si. The van der Waals surface area contributed by atoms with Gasteiger partial charge in [0.1, 0.15) is 0 Å². The van der Waals surface area contributed by atoms with Crippen molar-refractivity contribution in [3.8, 4) is 0 Å². The topological polar surface area (TPSA) is 29.5 Å². The zero-order chi connectivity index (χ0) is 19.7. The predicted octanol–water partition coefficient (Wildman–Crippen LogP) is 4.43. The van der Waals surface area contributed by atoms with Crippen LogP contribution in [0, 0.1) is 0 Å². The van der Waals surface area contributed by atoms with Crippen LogP contribution >= 0.6 is 0 Å². The Bertz CT molecular complexity index is 648. The fraction of sp³-hybridized carbons (Fsp3) is 0.450. The van der Waals surface area contributed by atoms with Gasteiger partial charge in [0.25, 0.3) is 5.91 Å². The van der Waals surface area contributed by atoms with Gasteiger partial charge in [0, 0.05) is 18.7 Å². The summed E-state index contributed by atoms with van der Waals surface area (Å²) >= 11 is 0. The zero-order valence-electron chi connectivity index (χ0n) is 17.6. The number of amides is 1. The van der Waals surface area contributed by atoms with Crippen molar-refractivity contribution in [3.63, 3.8) is 0 Å². The average Bonchev–Trinajstić information content (AvgIpc) is 2.60. The summed E-state index contributed by atoms with van der Waals surface area (Å²) in [6.07, 6.45) is 1.52. The van der Waals surface area contributed by atoms with Crippen LogP contribution in [0.25, 0.3) is 0 Å². The van der Waals surface area contributed by atoms with Gasteiger partial charge in [-0.3, -0.25) is 4.79 Å². The van der Waals surface area contributed by atoms with E-state index in [0.29, 0.717) is 30.9 Å². The molecule has 1 amide bonds. The second kappa shape index (κ2) is 10.3. The van der Waals surface area contributed by atoms with Gasteiger partial charge < -0.3 is 9.64 Å². The maximum absolute atomic E-state index is 12.8. The first-order valence-corrected chi connectivity index (χ1v) is 12.0. The molecule has 0 saturated heterocycles. The van der Waals surface area contributed by atoms with Crippen molar-refractivity contribution in [1.82, 2.24) is 4.90 Å². The minimum absolute atomic E-state index is 0.114. The fourth-order valence-corrected chi connectivity index (χ4v) is 3.17. The van der Waals surface area contributed by atoms with E-state index < -0.39 is 8.07 Å². The molecule has 1 aromatic carbocycles. The third-order valence-corrected chi connectivity index (χ3v) is 4.35. The molecule has 0 radical (unpaired) electrons. The van der Waals surface area contributed by atoms with Crippen molar-refractivity contribution >= 4 is 14.0 Å². The monoisotopic (exact) mass is 347 g/mol. The molecule has 0 bridgehead atoms. The molecule has 0 heterocycles. The van der Waals surface area contributed by atoms with E-state index in [1.807, 2.05) is 63.8 Å². The van der Waals surface area contributed by atoms with Gasteiger partial charge in [-0.2, -0.15) is 0 Å². The van der Waals surface area contributed by atoms with Gasteiger partial charge in [0.2, 0.25) is 0 Å². The van der Waals surface area contributed by atoms with Crippen LogP contribution in [0.2, 0.25) is 19.6 Å². The SMILES string of the molecule is [2H]/C(=C(\C=C(/[2H])COCc1ccccc1)C(=O)N(CC)CC)[Si](C)(C)C. The lowest BCUT2D eigenvalue weighted by molar-refractivity contribution is -0.126. The maximum Gasteiger partial charge on any atom is 0.253 e. The standard InChI is InChI=1S/C20H31NO2Si/c1-6-21(7-2)20(22)19(17-24(3,4)5)14-11-15-23-16-18-12-9-8-10-13-18/h8-14,17H,6-7,15-16H2,1-5H3/b14-11+,19-17-/i11D,17D. The van der Waals surface area contributed by atoms with Crippen LogP contribution < -0.4 is 0 Å². The van der Waals surface area contributed by atoms with E-state index in [1.54, 1.807) is 4.90 Å². The van der Waals surface area contributed by atoms with Gasteiger partial charge in [-0.05, 0) is 19.4 Å². The average molecular weight is 348 g/mol. The number of rotatable bonds is 9. The number of hydrogen-bond acceptors (Lipinski definition) is 2. The summed E-state index contributed by atoms with van der Waals surface area (Å²) in [6.45, 7) is 11.7. The molecule has 0 aliphatic carbocycles. The minimum Gasteiger partial charge on any atom is -0.373 e. The van der Waals surface area contributed by atoms with Crippen molar-refractivity contribution in [2.45, 2.75) is 40.1 Å². The number of benzene rings is 1. The lowest BCUT2D eigenvalue weighted by atomic mass is 10.2. The third-order valence-electron chi connectivity index (χ3n) is 3.33. The van der Waals surface area contributed by atoms with Crippen LogP contribution in [0.5, 0.6) is 0 Å². The van der Waals surface area contributed by atoms with Gasteiger partial charge in [-0.25, -0.2) is 0 Å². The largest absolute Gasteiger partial charge is 0.373 e. The Morgan fingerprint density at radius 3 is 2.38 bits per heavy atom. The lowest BCUT2D eigenvalue weighted by Gasteiger charge is -2.21. The van der Waals surface area contributed by atoms with E-state index in [4.69, 9.17) is 7.48 Å². The molecule has 0 N–H and O–H groups in total. The molecule has 0 saturated carbocycles. The molecule has 132 valence electrons. The first-order valence-electron chi connectivity index (χ1n) is 9.50. The van der Waals surface area contributed by atoms with E-state index in [2.05, 4.69) is 0 Å². The molecule has 24 heavy (non-hydrogen) atoms. The quantitative estimate of drug-likeness (QED) is 0.376. The molecule has 1 rings (SSSR count). The molecule has 0 aromatic heterocycles. The van der Waals surface area contributed by atoms with E-state index in [1.165, 1.54) is 6.08 Å². The number of ether oxygens (including phenoxy) is 1. The summed E-state index contributed by atoms with van der Waals surface area (Å²) in [5.41, 5.74) is 1.75. The Kier molecular flexibility index (Phi) is 7.35. The van der Waals surface area contributed by atoms with Gasteiger partial charge in [0.05, 0.1) is 24.0 Å². The summed E-state index contributed by atoms with van der Waals surface area (Å²) in [6, 6.07) is 9.98. The number of likely N-dealkylation sites (N-methyl/N-ethyl adjacent to an activating group) is 1. The summed E-state index contributed by atoms with van der Waals surface area (Å²) < 4.78 is 22.2. The number of carbonyl (C=O) groups excluding carboxylic acids is 1. The van der Waals surface area contributed by atoms with Crippen LogP contribution in [0.15, 0.2) is 53.7 Å². The Morgan fingerprint density at radius 2 is 1.83 bits per heavy atom. The Labute approximate surface area is 150 Å². The molecule has 4 heteroatoms. The zero-order valence-corrected chi connectivity index (χ0v) is 16.6. The highest BCUT2D eigenvalue weighted by Crippen LogP contribution is 2.12. The van der Waals surface area contributed by atoms with Gasteiger partial charge in [0.15, 0.2) is 0 Å². The van der Waals surface area contributed by atoms with Crippen molar-refractivity contribution < 1.29 is 12.3 Å². The van der Waals surface area contributed by atoms with Crippen molar-refractivity contribution in [2.24, 2.45) is 0 Å². The smallest absolute Gasteiger partial charge is 0.253 e. The maximum atomic E-state index is 12.8. The van der Waals surface area contributed by atoms with Crippen LogP contribution in [0.4, 0.5) is 0 Å². The van der Waals surface area contributed by atoms with E-state index in [0.717, 1.165) is 5.56 Å². The van der Waals surface area contributed by atoms with E-state index >= 15 is 0 Å². The van der Waals surface area contributed by atoms with Crippen molar-refractivity contribution in [3.05, 3.63) is 59.3 Å². The molecule has 0 spiro atoms. The van der Waals surface area contributed by atoms with Crippen LogP contribution in [0.3, 0.4) is 0 Å². The van der Waals surface area contributed by atoms with Crippen molar-refractivity contribution in [2.75, 3.05) is 19.7 Å². The highest BCUT2D eigenvalue weighted by molar-refractivity contribution is 6.81. The lowest BCUT2D eigenvalue weighted by Crippen LogP contribution is -2.32. The fourth-order valence-electron chi connectivity index (χ4n) is 2.18. The second-order valence-electron chi connectivity index (χ2n) is 6.59. The highest BCUT2D eigenvalue weighted by Gasteiger charge is 2.17. The van der Waals surface area contributed by atoms with Crippen molar-refractivity contribution in [1.29, 1.82) is 0 Å². The molecule has 0 aliphatic rings. The van der Waals surface area contributed by atoms with Gasteiger partial charge >= 0.3 is 0 Å².